The van der Waals surface area contributed by atoms with Gasteiger partial charge in [0.25, 0.3) is 0 Å². The fraction of sp³-hybridized carbons (Fsp3) is 0.167. The van der Waals surface area contributed by atoms with Crippen LogP contribution in [0.2, 0.25) is 0 Å². The summed E-state index contributed by atoms with van der Waals surface area (Å²) in [5.41, 5.74) is 4.71. The van der Waals surface area contributed by atoms with Crippen LogP contribution >= 0.6 is 0 Å². The zero-order valence-corrected chi connectivity index (χ0v) is 16.3. The van der Waals surface area contributed by atoms with Crippen molar-refractivity contribution in [2.24, 2.45) is 0 Å². The van der Waals surface area contributed by atoms with Gasteiger partial charge in [0.05, 0.1) is 12.2 Å². The second kappa shape index (κ2) is 9.00. The van der Waals surface area contributed by atoms with Crippen molar-refractivity contribution >= 4 is 18.1 Å². The highest BCUT2D eigenvalue weighted by Crippen LogP contribution is 2.30. The van der Waals surface area contributed by atoms with E-state index in [9.17, 15) is 4.79 Å². The minimum atomic E-state index is -0.399. The molecule has 0 aliphatic rings. The number of pyridine rings is 1. The van der Waals surface area contributed by atoms with Gasteiger partial charge in [0.2, 0.25) is 0 Å². The van der Waals surface area contributed by atoms with Crippen molar-refractivity contribution in [2.75, 3.05) is 6.61 Å². The summed E-state index contributed by atoms with van der Waals surface area (Å²) in [6, 6.07) is 14.9. The Bertz CT molecular complexity index is 994. The number of ether oxygens (including phenoxy) is 2. The van der Waals surface area contributed by atoms with Gasteiger partial charge in [0, 0.05) is 12.4 Å². The minimum absolute atomic E-state index is 0.399. The van der Waals surface area contributed by atoms with E-state index < -0.39 is 5.97 Å². The molecule has 0 fully saturated rings. The molecule has 3 rings (SSSR count). The SMILES string of the molecule is CCOc1cc(/C=C/c2ccncc2)ccc1OC(=O)c1ccc(C)c(C)c1. The third-order valence-corrected chi connectivity index (χ3v) is 4.39. The van der Waals surface area contributed by atoms with Gasteiger partial charge in [0.15, 0.2) is 11.5 Å². The Morgan fingerprint density at radius 2 is 1.64 bits per heavy atom. The van der Waals surface area contributed by atoms with Crippen molar-refractivity contribution in [3.8, 4) is 11.5 Å². The zero-order chi connectivity index (χ0) is 19.9. The number of carbonyl (C=O) groups excluding carboxylic acids is 1. The van der Waals surface area contributed by atoms with Crippen LogP contribution in [-0.2, 0) is 0 Å². The average molecular weight is 373 g/mol. The van der Waals surface area contributed by atoms with Gasteiger partial charge in [-0.15, -0.1) is 0 Å². The zero-order valence-electron chi connectivity index (χ0n) is 16.3. The van der Waals surface area contributed by atoms with E-state index in [4.69, 9.17) is 9.47 Å². The number of benzene rings is 2. The number of aromatic nitrogens is 1. The molecule has 0 bridgehead atoms. The van der Waals surface area contributed by atoms with Crippen LogP contribution in [-0.4, -0.2) is 17.6 Å². The summed E-state index contributed by atoms with van der Waals surface area (Å²) in [4.78, 5) is 16.5. The fourth-order valence-electron chi connectivity index (χ4n) is 2.68. The average Bonchev–Trinajstić information content (AvgIpc) is 2.71. The van der Waals surface area contributed by atoms with Crippen LogP contribution in [0.25, 0.3) is 12.2 Å². The Labute approximate surface area is 165 Å². The monoisotopic (exact) mass is 373 g/mol. The van der Waals surface area contributed by atoms with Crippen molar-refractivity contribution < 1.29 is 14.3 Å². The molecule has 0 radical (unpaired) electrons. The number of hydrogen-bond donors (Lipinski definition) is 0. The van der Waals surface area contributed by atoms with Crippen molar-refractivity contribution in [3.63, 3.8) is 0 Å². The van der Waals surface area contributed by atoms with Crippen molar-refractivity contribution in [2.45, 2.75) is 20.8 Å². The molecule has 0 unspecified atom stereocenters. The molecule has 28 heavy (non-hydrogen) atoms. The van der Waals surface area contributed by atoms with Gasteiger partial charge in [-0.1, -0.05) is 24.3 Å². The highest BCUT2D eigenvalue weighted by Gasteiger charge is 2.13. The van der Waals surface area contributed by atoms with E-state index in [-0.39, 0.29) is 0 Å². The molecule has 0 amide bonds. The number of esters is 1. The third kappa shape index (κ3) is 4.86. The Morgan fingerprint density at radius 1 is 0.893 bits per heavy atom. The van der Waals surface area contributed by atoms with E-state index in [0.29, 0.717) is 23.7 Å². The predicted molar refractivity (Wildman–Crippen MR) is 112 cm³/mol. The first-order chi connectivity index (χ1) is 13.6. The summed E-state index contributed by atoms with van der Waals surface area (Å²) >= 11 is 0. The molecule has 0 saturated carbocycles. The van der Waals surface area contributed by atoms with Gasteiger partial charge in [0.1, 0.15) is 0 Å². The number of aryl methyl sites for hydroxylation is 2. The van der Waals surface area contributed by atoms with Crippen LogP contribution in [0.1, 0.15) is 39.5 Å². The van der Waals surface area contributed by atoms with E-state index in [1.54, 1.807) is 24.5 Å². The minimum Gasteiger partial charge on any atom is -0.490 e. The normalized spacial score (nSPS) is 10.8. The molecule has 1 aromatic heterocycles. The molecule has 0 spiro atoms. The molecule has 0 aliphatic carbocycles. The van der Waals surface area contributed by atoms with Gasteiger partial charge in [-0.2, -0.15) is 0 Å². The molecule has 4 heteroatoms. The first-order valence-electron chi connectivity index (χ1n) is 9.21. The van der Waals surface area contributed by atoms with Crippen LogP contribution in [0.5, 0.6) is 11.5 Å². The van der Waals surface area contributed by atoms with Crippen LogP contribution in [0.15, 0.2) is 60.9 Å². The number of nitrogens with zero attached hydrogens (tertiary/aromatic N) is 1. The standard InChI is InChI=1S/C24H23NO3/c1-4-27-23-16-20(7-6-19-11-13-25-14-12-19)8-10-22(23)28-24(26)21-9-5-17(2)18(3)15-21/h5-16H,4H2,1-3H3/b7-6+. The Morgan fingerprint density at radius 3 is 2.36 bits per heavy atom. The summed E-state index contributed by atoms with van der Waals surface area (Å²) in [7, 11) is 0. The summed E-state index contributed by atoms with van der Waals surface area (Å²) in [6.45, 7) is 6.36. The predicted octanol–water partition coefficient (Wildman–Crippen LogP) is 5.49. The molecule has 4 nitrogen and oxygen atoms in total. The molecule has 3 aromatic rings. The maximum Gasteiger partial charge on any atom is 0.343 e. The number of rotatable bonds is 6. The Kier molecular flexibility index (Phi) is 6.22. The topological polar surface area (TPSA) is 48.4 Å². The molecule has 0 aliphatic heterocycles. The smallest absolute Gasteiger partial charge is 0.343 e. The summed E-state index contributed by atoms with van der Waals surface area (Å²) in [6.07, 6.45) is 7.47. The van der Waals surface area contributed by atoms with Crippen molar-refractivity contribution in [3.05, 3.63) is 88.7 Å². The van der Waals surface area contributed by atoms with E-state index >= 15 is 0 Å². The van der Waals surface area contributed by atoms with E-state index in [2.05, 4.69) is 4.98 Å². The van der Waals surface area contributed by atoms with Crippen LogP contribution < -0.4 is 9.47 Å². The fourth-order valence-corrected chi connectivity index (χ4v) is 2.68. The maximum absolute atomic E-state index is 12.5. The molecule has 0 saturated heterocycles. The van der Waals surface area contributed by atoms with Crippen molar-refractivity contribution in [1.29, 1.82) is 0 Å². The van der Waals surface area contributed by atoms with Gasteiger partial charge < -0.3 is 9.47 Å². The third-order valence-electron chi connectivity index (χ3n) is 4.39. The lowest BCUT2D eigenvalue weighted by atomic mass is 10.1. The van der Waals surface area contributed by atoms with Gasteiger partial charge in [-0.05, 0) is 79.4 Å². The first-order valence-corrected chi connectivity index (χ1v) is 9.21. The Hall–Kier alpha value is -3.40. The largest absolute Gasteiger partial charge is 0.490 e. The Balaban J connectivity index is 1.81. The van der Waals surface area contributed by atoms with Gasteiger partial charge >= 0.3 is 5.97 Å². The van der Waals surface area contributed by atoms with Gasteiger partial charge in [-0.3, -0.25) is 4.98 Å². The second-order valence-corrected chi connectivity index (χ2v) is 6.44. The van der Waals surface area contributed by atoms with Crippen molar-refractivity contribution in [1.82, 2.24) is 4.98 Å². The molecule has 2 aromatic carbocycles. The molecule has 142 valence electrons. The van der Waals surface area contributed by atoms with Crippen LogP contribution in [0, 0.1) is 13.8 Å². The number of hydrogen-bond acceptors (Lipinski definition) is 4. The second-order valence-electron chi connectivity index (χ2n) is 6.44. The van der Waals surface area contributed by atoms with E-state index in [0.717, 1.165) is 22.3 Å². The quantitative estimate of drug-likeness (QED) is 0.424. The van der Waals surface area contributed by atoms with Gasteiger partial charge in [-0.25, -0.2) is 4.79 Å². The summed E-state index contributed by atoms with van der Waals surface area (Å²) in [5, 5.41) is 0. The van der Waals surface area contributed by atoms with E-state index in [1.165, 1.54) is 0 Å². The lowest BCUT2D eigenvalue weighted by molar-refractivity contribution is 0.0728. The molecule has 1 heterocycles. The molecular formula is C24H23NO3. The lowest BCUT2D eigenvalue weighted by Crippen LogP contribution is -2.10. The molecular weight excluding hydrogens is 350 g/mol. The van der Waals surface area contributed by atoms with E-state index in [1.807, 2.05) is 69.3 Å². The maximum atomic E-state index is 12.5. The summed E-state index contributed by atoms with van der Waals surface area (Å²) in [5.74, 6) is 0.548. The first kappa shape index (κ1) is 19.4. The molecule has 0 N–H and O–H groups in total. The van der Waals surface area contributed by atoms with Crippen LogP contribution in [0.4, 0.5) is 0 Å². The lowest BCUT2D eigenvalue weighted by Gasteiger charge is -2.12. The van der Waals surface area contributed by atoms with Crippen LogP contribution in [0.3, 0.4) is 0 Å². The highest BCUT2D eigenvalue weighted by molar-refractivity contribution is 5.91. The summed E-state index contributed by atoms with van der Waals surface area (Å²) < 4.78 is 11.3. The molecule has 0 atom stereocenters. The highest BCUT2D eigenvalue weighted by atomic mass is 16.6. The number of carbonyl (C=O) groups is 1.